The fourth-order valence-corrected chi connectivity index (χ4v) is 4.03. The third kappa shape index (κ3) is 3.13. The molecule has 4 rings (SSSR count). The van der Waals surface area contributed by atoms with Gasteiger partial charge in [-0.3, -0.25) is 14.0 Å². The van der Waals surface area contributed by atoms with Crippen LogP contribution in [0.2, 0.25) is 0 Å². The van der Waals surface area contributed by atoms with E-state index in [0.717, 1.165) is 27.7 Å². The van der Waals surface area contributed by atoms with Crippen LogP contribution < -0.4 is 10.9 Å². The van der Waals surface area contributed by atoms with Gasteiger partial charge in [-0.05, 0) is 49.6 Å². The van der Waals surface area contributed by atoms with E-state index in [1.54, 1.807) is 4.40 Å². The molecule has 4 aromatic rings. The number of aromatic nitrogens is 2. The Morgan fingerprint density at radius 1 is 1.11 bits per heavy atom. The molecule has 27 heavy (non-hydrogen) atoms. The molecule has 6 heteroatoms. The van der Waals surface area contributed by atoms with E-state index in [0.29, 0.717) is 9.84 Å². The van der Waals surface area contributed by atoms with E-state index in [9.17, 15) is 9.59 Å². The smallest absolute Gasteiger partial charge is 0.262 e. The maximum absolute atomic E-state index is 12.7. The van der Waals surface area contributed by atoms with Gasteiger partial charge in [-0.15, -0.1) is 0 Å². The van der Waals surface area contributed by atoms with Crippen molar-refractivity contribution in [3.05, 3.63) is 80.5 Å². The number of imidazole rings is 1. The van der Waals surface area contributed by atoms with Gasteiger partial charge in [0.25, 0.3) is 11.5 Å². The van der Waals surface area contributed by atoms with Crippen molar-refractivity contribution in [2.24, 2.45) is 0 Å². The Balaban J connectivity index is 1.73. The molecule has 0 aliphatic heterocycles. The van der Waals surface area contributed by atoms with Crippen LogP contribution in [-0.2, 0) is 0 Å². The summed E-state index contributed by atoms with van der Waals surface area (Å²) >= 11 is 1.22. The third-order valence-electron chi connectivity index (χ3n) is 4.79. The lowest BCUT2D eigenvalue weighted by Gasteiger charge is -2.13. The lowest BCUT2D eigenvalue weighted by Crippen LogP contribution is -2.27. The van der Waals surface area contributed by atoms with Crippen molar-refractivity contribution >= 4 is 33.2 Å². The average molecular weight is 377 g/mol. The Hall–Kier alpha value is -2.99. The van der Waals surface area contributed by atoms with Crippen LogP contribution in [0.5, 0.6) is 0 Å². The fraction of sp³-hybridized carbons (Fsp3) is 0.190. The lowest BCUT2D eigenvalue weighted by atomic mass is 10.1. The van der Waals surface area contributed by atoms with Crippen molar-refractivity contribution in [2.45, 2.75) is 26.8 Å². The molecule has 1 unspecified atom stereocenters. The van der Waals surface area contributed by atoms with E-state index in [1.165, 1.54) is 17.4 Å². The van der Waals surface area contributed by atoms with Crippen LogP contribution in [0.1, 0.15) is 39.3 Å². The highest BCUT2D eigenvalue weighted by Gasteiger charge is 2.16. The second-order valence-electron chi connectivity index (χ2n) is 6.71. The van der Waals surface area contributed by atoms with Crippen LogP contribution >= 0.6 is 11.3 Å². The van der Waals surface area contributed by atoms with Crippen LogP contribution in [0.4, 0.5) is 0 Å². The van der Waals surface area contributed by atoms with E-state index in [2.05, 4.69) is 10.3 Å². The number of carbonyl (C=O) groups excluding carboxylic acids is 1. The standard InChI is InChI=1S/C21H19N3O2S/c1-12-9-16-17(10-13(12)2)24-19(25)11-18(27-21(24)23-16)20(26)22-14(3)15-7-5-4-6-8-15/h4-11,14H,1-3H3,(H,22,26). The molecule has 0 aliphatic rings. The van der Waals surface area contributed by atoms with Crippen LogP contribution in [0.25, 0.3) is 16.0 Å². The molecule has 0 bridgehead atoms. The highest BCUT2D eigenvalue weighted by atomic mass is 32.1. The Kier molecular flexibility index (Phi) is 4.28. The topological polar surface area (TPSA) is 63.5 Å². The molecular weight excluding hydrogens is 358 g/mol. The number of amides is 1. The summed E-state index contributed by atoms with van der Waals surface area (Å²) in [4.78, 5) is 30.8. The Labute approximate surface area is 160 Å². The minimum absolute atomic E-state index is 0.152. The minimum atomic E-state index is -0.268. The van der Waals surface area contributed by atoms with Crippen molar-refractivity contribution in [3.63, 3.8) is 0 Å². The molecule has 136 valence electrons. The highest BCUT2D eigenvalue weighted by Crippen LogP contribution is 2.23. The van der Waals surface area contributed by atoms with Gasteiger partial charge in [-0.1, -0.05) is 41.7 Å². The summed E-state index contributed by atoms with van der Waals surface area (Å²) in [6.07, 6.45) is 0. The van der Waals surface area contributed by atoms with E-state index < -0.39 is 0 Å². The Bertz CT molecular complexity index is 1230. The predicted octanol–water partition coefficient (Wildman–Crippen LogP) is 4.02. The van der Waals surface area contributed by atoms with Crippen molar-refractivity contribution < 1.29 is 4.79 Å². The van der Waals surface area contributed by atoms with Gasteiger partial charge >= 0.3 is 0 Å². The van der Waals surface area contributed by atoms with Gasteiger partial charge in [0.05, 0.1) is 17.1 Å². The maximum Gasteiger partial charge on any atom is 0.262 e. The van der Waals surface area contributed by atoms with Gasteiger partial charge in [-0.25, -0.2) is 4.98 Å². The number of nitrogens with one attached hydrogen (secondary N) is 1. The van der Waals surface area contributed by atoms with Crippen LogP contribution in [-0.4, -0.2) is 15.3 Å². The predicted molar refractivity (Wildman–Crippen MR) is 109 cm³/mol. The molecule has 0 saturated carbocycles. The zero-order valence-corrected chi connectivity index (χ0v) is 16.1. The van der Waals surface area contributed by atoms with Crippen LogP contribution in [0.3, 0.4) is 0 Å². The Morgan fingerprint density at radius 3 is 2.56 bits per heavy atom. The number of nitrogens with zero attached hydrogens (tertiary/aromatic N) is 2. The minimum Gasteiger partial charge on any atom is -0.345 e. The Morgan fingerprint density at radius 2 is 1.81 bits per heavy atom. The van der Waals surface area contributed by atoms with Crippen LogP contribution in [0, 0.1) is 13.8 Å². The highest BCUT2D eigenvalue weighted by molar-refractivity contribution is 7.18. The summed E-state index contributed by atoms with van der Waals surface area (Å²) in [6.45, 7) is 5.95. The van der Waals surface area contributed by atoms with Crippen molar-refractivity contribution in [3.8, 4) is 0 Å². The molecule has 0 saturated heterocycles. The summed E-state index contributed by atoms with van der Waals surface area (Å²) in [5.74, 6) is -0.268. The number of hydrogen-bond donors (Lipinski definition) is 1. The fourth-order valence-electron chi connectivity index (χ4n) is 3.10. The normalized spacial score (nSPS) is 12.4. The quantitative estimate of drug-likeness (QED) is 0.587. The van der Waals surface area contributed by atoms with Gasteiger partial charge in [-0.2, -0.15) is 0 Å². The molecule has 2 aromatic heterocycles. The number of hydrogen-bond acceptors (Lipinski definition) is 4. The molecule has 0 radical (unpaired) electrons. The number of benzene rings is 2. The van der Waals surface area contributed by atoms with E-state index in [1.807, 2.05) is 63.2 Å². The van der Waals surface area contributed by atoms with E-state index in [-0.39, 0.29) is 17.5 Å². The van der Waals surface area contributed by atoms with E-state index in [4.69, 9.17) is 0 Å². The number of fused-ring (bicyclic) bond motifs is 3. The summed E-state index contributed by atoms with van der Waals surface area (Å²) in [6, 6.07) is 14.9. The van der Waals surface area contributed by atoms with E-state index >= 15 is 0 Å². The summed E-state index contributed by atoms with van der Waals surface area (Å²) in [5.41, 5.74) is 4.54. The molecule has 0 fully saturated rings. The first-order valence-corrected chi connectivity index (χ1v) is 9.55. The summed E-state index contributed by atoms with van der Waals surface area (Å²) in [7, 11) is 0. The van der Waals surface area contributed by atoms with Gasteiger partial charge in [0.2, 0.25) is 0 Å². The zero-order chi connectivity index (χ0) is 19.1. The molecule has 2 aromatic carbocycles. The second-order valence-corrected chi connectivity index (χ2v) is 7.72. The first-order valence-electron chi connectivity index (χ1n) is 8.73. The molecule has 1 atom stereocenters. The molecule has 2 heterocycles. The summed E-state index contributed by atoms with van der Waals surface area (Å²) in [5, 5.41) is 2.95. The molecule has 5 nitrogen and oxygen atoms in total. The summed E-state index contributed by atoms with van der Waals surface area (Å²) < 4.78 is 1.57. The second kappa shape index (κ2) is 6.63. The molecule has 1 N–H and O–H groups in total. The molecule has 0 aliphatic carbocycles. The van der Waals surface area contributed by atoms with Crippen molar-refractivity contribution in [2.75, 3.05) is 0 Å². The van der Waals surface area contributed by atoms with Gasteiger partial charge in [0.1, 0.15) is 4.88 Å². The number of rotatable bonds is 3. The lowest BCUT2D eigenvalue weighted by molar-refractivity contribution is 0.0943. The first-order chi connectivity index (χ1) is 12.9. The third-order valence-corrected chi connectivity index (χ3v) is 5.77. The van der Waals surface area contributed by atoms with Crippen molar-refractivity contribution in [1.82, 2.24) is 14.7 Å². The van der Waals surface area contributed by atoms with Crippen molar-refractivity contribution in [1.29, 1.82) is 0 Å². The molecular formula is C21H19N3O2S. The monoisotopic (exact) mass is 377 g/mol. The van der Waals surface area contributed by atoms with Gasteiger partial charge in [0.15, 0.2) is 4.96 Å². The first kappa shape index (κ1) is 17.4. The SMILES string of the molecule is Cc1cc2nc3sc(C(=O)NC(C)c4ccccc4)cc(=O)n3c2cc1C. The number of aryl methyl sites for hydroxylation is 2. The molecule has 0 spiro atoms. The van der Waals surface area contributed by atoms with Gasteiger partial charge in [0, 0.05) is 6.07 Å². The van der Waals surface area contributed by atoms with Gasteiger partial charge < -0.3 is 5.32 Å². The molecule has 1 amide bonds. The number of carbonyl (C=O) groups is 1. The van der Waals surface area contributed by atoms with Crippen LogP contribution in [0.15, 0.2) is 53.3 Å². The largest absolute Gasteiger partial charge is 0.345 e. The maximum atomic E-state index is 12.7. The zero-order valence-electron chi connectivity index (χ0n) is 15.3. The average Bonchev–Trinajstić information content (AvgIpc) is 3.00.